The van der Waals surface area contributed by atoms with E-state index in [9.17, 15) is 9.90 Å². The zero-order valence-electron chi connectivity index (χ0n) is 13.4. The van der Waals surface area contributed by atoms with E-state index in [4.69, 9.17) is 23.1 Å². The number of hydrogen-bond donors (Lipinski definition) is 3. The van der Waals surface area contributed by atoms with Crippen LogP contribution in [0.3, 0.4) is 0 Å². The lowest BCUT2D eigenvalue weighted by Crippen LogP contribution is -2.58. The van der Waals surface area contributed by atoms with Crippen molar-refractivity contribution < 1.29 is 9.90 Å². The average molecular weight is 350 g/mol. The minimum absolute atomic E-state index is 0.00966. The van der Waals surface area contributed by atoms with Gasteiger partial charge in [-0.3, -0.25) is 4.90 Å². The zero-order chi connectivity index (χ0) is 17.5. The first-order valence-corrected chi connectivity index (χ1v) is 8.26. The molecule has 1 spiro atoms. The summed E-state index contributed by atoms with van der Waals surface area (Å²) in [5.41, 5.74) is 12.5. The summed E-state index contributed by atoms with van der Waals surface area (Å²) in [4.78, 5) is 22.2. The number of aryl methyl sites for hydroxylation is 1. The van der Waals surface area contributed by atoms with Crippen LogP contribution in [-0.4, -0.2) is 28.7 Å². The first-order valence-electron chi connectivity index (χ1n) is 7.88. The molecule has 128 valence electrons. The zero-order valence-corrected chi connectivity index (χ0v) is 14.2. The molecular weight excluding hydrogens is 330 g/mol. The summed E-state index contributed by atoms with van der Waals surface area (Å²) >= 11 is 6.17. The summed E-state index contributed by atoms with van der Waals surface area (Å²) in [7, 11) is 0. The van der Waals surface area contributed by atoms with Crippen LogP contribution in [0.5, 0.6) is 0 Å². The van der Waals surface area contributed by atoms with Crippen molar-refractivity contribution in [1.82, 2.24) is 0 Å². The molecule has 1 fully saturated rings. The Bertz CT molecular complexity index is 753. The fourth-order valence-electron chi connectivity index (χ4n) is 3.61. The Hall–Kier alpha value is -2.28. The van der Waals surface area contributed by atoms with Gasteiger partial charge in [0.15, 0.2) is 0 Å². The van der Waals surface area contributed by atoms with Crippen LogP contribution >= 0.6 is 11.6 Å². The second-order valence-electron chi connectivity index (χ2n) is 6.21. The molecular formula is C16H20ClN5O2. The molecule has 1 aromatic rings. The molecule has 0 bridgehead atoms. The Balaban J connectivity index is 2.25. The van der Waals surface area contributed by atoms with E-state index in [1.807, 2.05) is 6.92 Å². The number of aliphatic imine (C=N–C) groups is 2. The van der Waals surface area contributed by atoms with Gasteiger partial charge in [-0.1, -0.05) is 24.1 Å². The van der Waals surface area contributed by atoms with Gasteiger partial charge in [-0.2, -0.15) is 4.99 Å². The number of nitrogens with zero attached hydrogens (tertiary/aromatic N) is 3. The molecule has 0 radical (unpaired) electrons. The Morgan fingerprint density at radius 3 is 2.58 bits per heavy atom. The molecule has 24 heavy (non-hydrogen) atoms. The van der Waals surface area contributed by atoms with E-state index < -0.39 is 11.6 Å². The number of benzene rings is 1. The third kappa shape index (κ3) is 2.58. The second-order valence-corrected chi connectivity index (χ2v) is 6.62. The Kier molecular flexibility index (Phi) is 4.13. The minimum atomic E-state index is -1.11. The molecule has 1 aliphatic heterocycles. The lowest BCUT2D eigenvalue weighted by atomic mass is 9.86. The van der Waals surface area contributed by atoms with Crippen molar-refractivity contribution in [3.63, 3.8) is 0 Å². The van der Waals surface area contributed by atoms with Gasteiger partial charge in [0, 0.05) is 0 Å². The highest BCUT2D eigenvalue weighted by molar-refractivity contribution is 6.34. The number of nitrogens with two attached hydrogens (primary N) is 2. The van der Waals surface area contributed by atoms with Gasteiger partial charge >= 0.3 is 5.97 Å². The molecule has 1 heterocycles. The molecule has 0 aromatic heterocycles. The maximum atomic E-state index is 11.8. The van der Waals surface area contributed by atoms with E-state index in [0.29, 0.717) is 5.69 Å². The molecule has 0 unspecified atom stereocenters. The molecule has 0 amide bonds. The molecule has 8 heteroatoms. The number of guanidine groups is 2. The number of rotatable bonds is 2. The average Bonchev–Trinajstić information content (AvgIpc) is 2.50. The Labute approximate surface area is 145 Å². The maximum Gasteiger partial charge on any atom is 0.339 e. The molecule has 1 saturated carbocycles. The van der Waals surface area contributed by atoms with Crippen molar-refractivity contribution in [2.75, 3.05) is 4.90 Å². The van der Waals surface area contributed by atoms with Crippen molar-refractivity contribution in [3.8, 4) is 0 Å². The molecule has 0 saturated heterocycles. The smallest absolute Gasteiger partial charge is 0.339 e. The van der Waals surface area contributed by atoms with E-state index in [-0.39, 0.29) is 22.5 Å². The number of hydrogen-bond acceptors (Lipinski definition) is 6. The standard InChI is InChI=1S/C16H20ClN5O2/c1-9-5-6-10(17)11(13(23)24)12(9)22-15(19)20-14(18)21-16(22)7-3-2-4-8-16/h5-6H,2-4,7-8H2,1H3,(H,23,24)(H4,18,19,20,21). The highest BCUT2D eigenvalue weighted by Gasteiger charge is 2.44. The van der Waals surface area contributed by atoms with Gasteiger partial charge in [0.25, 0.3) is 0 Å². The normalized spacial score (nSPS) is 19.8. The quantitative estimate of drug-likeness (QED) is 0.758. The van der Waals surface area contributed by atoms with Gasteiger partial charge in [0.1, 0.15) is 11.2 Å². The van der Waals surface area contributed by atoms with Crippen molar-refractivity contribution in [3.05, 3.63) is 28.3 Å². The van der Waals surface area contributed by atoms with Crippen LogP contribution in [-0.2, 0) is 0 Å². The molecule has 5 N–H and O–H groups in total. The third-order valence-corrected chi connectivity index (χ3v) is 4.93. The fourth-order valence-corrected chi connectivity index (χ4v) is 3.84. The Morgan fingerprint density at radius 1 is 1.29 bits per heavy atom. The van der Waals surface area contributed by atoms with E-state index in [2.05, 4.69) is 9.98 Å². The van der Waals surface area contributed by atoms with Gasteiger partial charge in [-0.15, -0.1) is 0 Å². The number of carboxylic acid groups (broad SMARTS) is 1. The van der Waals surface area contributed by atoms with Crippen LogP contribution in [0, 0.1) is 6.92 Å². The Morgan fingerprint density at radius 2 is 1.96 bits per heavy atom. The van der Waals surface area contributed by atoms with Crippen LogP contribution in [0.1, 0.15) is 48.0 Å². The van der Waals surface area contributed by atoms with Crippen molar-refractivity contribution >= 4 is 35.2 Å². The van der Waals surface area contributed by atoms with Crippen molar-refractivity contribution in [2.45, 2.75) is 44.7 Å². The van der Waals surface area contributed by atoms with E-state index in [1.165, 1.54) is 0 Å². The first-order chi connectivity index (χ1) is 11.4. The van der Waals surface area contributed by atoms with Gasteiger partial charge in [-0.25, -0.2) is 9.79 Å². The molecule has 7 nitrogen and oxygen atoms in total. The predicted octanol–water partition coefficient (Wildman–Crippen LogP) is 2.46. The number of halogens is 1. The molecule has 1 aliphatic carbocycles. The summed E-state index contributed by atoms with van der Waals surface area (Å²) < 4.78 is 0. The summed E-state index contributed by atoms with van der Waals surface area (Å²) in [5, 5.41) is 9.83. The summed E-state index contributed by atoms with van der Waals surface area (Å²) in [6, 6.07) is 3.35. The van der Waals surface area contributed by atoms with Crippen LogP contribution in [0.4, 0.5) is 5.69 Å². The molecule has 3 rings (SSSR count). The summed E-state index contributed by atoms with van der Waals surface area (Å²) in [5.74, 6) is -0.834. The number of carbonyl (C=O) groups is 1. The van der Waals surface area contributed by atoms with E-state index in [0.717, 1.165) is 37.7 Å². The van der Waals surface area contributed by atoms with Gasteiger partial charge in [-0.05, 0) is 44.2 Å². The van der Waals surface area contributed by atoms with Crippen LogP contribution in [0.25, 0.3) is 0 Å². The van der Waals surface area contributed by atoms with Crippen LogP contribution < -0.4 is 16.4 Å². The van der Waals surface area contributed by atoms with Gasteiger partial charge in [0.05, 0.1) is 10.7 Å². The lowest BCUT2D eigenvalue weighted by molar-refractivity contribution is 0.0697. The first kappa shape index (κ1) is 16.6. The highest BCUT2D eigenvalue weighted by atomic mass is 35.5. The third-order valence-electron chi connectivity index (χ3n) is 4.62. The van der Waals surface area contributed by atoms with Crippen molar-refractivity contribution in [2.24, 2.45) is 21.5 Å². The molecule has 2 aliphatic rings. The van der Waals surface area contributed by atoms with Gasteiger partial charge in [0.2, 0.25) is 11.9 Å². The summed E-state index contributed by atoms with van der Waals surface area (Å²) in [6.07, 6.45) is 4.48. The fraction of sp³-hybridized carbons (Fsp3) is 0.438. The molecule has 1 aromatic carbocycles. The minimum Gasteiger partial charge on any atom is -0.478 e. The van der Waals surface area contributed by atoms with Crippen LogP contribution in [0.15, 0.2) is 22.1 Å². The monoisotopic (exact) mass is 349 g/mol. The number of carboxylic acids is 1. The highest BCUT2D eigenvalue weighted by Crippen LogP contribution is 2.43. The van der Waals surface area contributed by atoms with E-state index in [1.54, 1.807) is 17.0 Å². The largest absolute Gasteiger partial charge is 0.478 e. The van der Waals surface area contributed by atoms with Crippen LogP contribution in [0.2, 0.25) is 5.02 Å². The summed E-state index contributed by atoms with van der Waals surface area (Å²) in [6.45, 7) is 1.82. The number of aromatic carboxylic acids is 1. The van der Waals surface area contributed by atoms with E-state index >= 15 is 0 Å². The topological polar surface area (TPSA) is 117 Å². The lowest BCUT2D eigenvalue weighted by Gasteiger charge is -2.46. The SMILES string of the molecule is Cc1ccc(Cl)c(C(=O)O)c1N1C(N)=NC(N)=NC12CCCCC2. The van der Waals surface area contributed by atoms with Gasteiger partial charge < -0.3 is 16.6 Å². The second kappa shape index (κ2) is 5.98. The molecule has 0 atom stereocenters. The maximum absolute atomic E-state index is 11.8. The van der Waals surface area contributed by atoms with Crippen molar-refractivity contribution in [1.29, 1.82) is 0 Å². The predicted molar refractivity (Wildman–Crippen MR) is 94.7 cm³/mol. The number of anilines is 1.